The van der Waals surface area contributed by atoms with Crippen molar-refractivity contribution in [2.45, 2.75) is 25.8 Å². The van der Waals surface area contributed by atoms with Crippen LogP contribution >= 0.6 is 0 Å². The third kappa shape index (κ3) is 4.04. The van der Waals surface area contributed by atoms with Crippen molar-refractivity contribution in [3.8, 4) is 0 Å². The fourth-order valence-electron chi connectivity index (χ4n) is 3.29. The first-order valence-electron chi connectivity index (χ1n) is 8.74. The summed E-state index contributed by atoms with van der Waals surface area (Å²) >= 11 is 0. The number of carbonyl (C=O) groups is 1. The minimum absolute atomic E-state index is 0.0843. The molecule has 1 fully saturated rings. The van der Waals surface area contributed by atoms with Gasteiger partial charge in [-0.25, -0.2) is 0 Å². The van der Waals surface area contributed by atoms with Gasteiger partial charge in [0.25, 0.3) is 0 Å². The van der Waals surface area contributed by atoms with E-state index in [9.17, 15) is 4.79 Å². The summed E-state index contributed by atoms with van der Waals surface area (Å²) < 4.78 is 0. The molecule has 0 radical (unpaired) electrons. The lowest BCUT2D eigenvalue weighted by atomic mass is 9.93. The molecule has 0 aromatic heterocycles. The van der Waals surface area contributed by atoms with E-state index < -0.39 is 0 Å². The van der Waals surface area contributed by atoms with Crippen molar-refractivity contribution in [2.24, 2.45) is 5.92 Å². The van der Waals surface area contributed by atoms with Gasteiger partial charge in [0.15, 0.2) is 0 Å². The van der Waals surface area contributed by atoms with E-state index in [-0.39, 0.29) is 17.9 Å². The zero-order valence-electron chi connectivity index (χ0n) is 14.5. The normalized spacial score (nSPS) is 17.4. The van der Waals surface area contributed by atoms with Gasteiger partial charge in [0.05, 0.1) is 6.04 Å². The lowest BCUT2D eigenvalue weighted by molar-refractivity contribution is -0.126. The molecule has 3 rings (SSSR count). The number of likely N-dealkylation sites (tertiary alicyclic amines) is 1. The van der Waals surface area contributed by atoms with Crippen molar-refractivity contribution in [1.29, 1.82) is 0 Å². The fraction of sp³-hybridized carbons (Fsp3) is 0.381. The van der Waals surface area contributed by atoms with Crippen LogP contribution in [0.25, 0.3) is 0 Å². The number of amides is 1. The number of rotatable bonds is 4. The lowest BCUT2D eigenvalue weighted by Gasteiger charge is -2.30. The SMILES string of the molecule is Cc1ccc([C@H](NC(=O)C2CCN(C)CC2)c2ccccc2)cc1. The van der Waals surface area contributed by atoms with E-state index in [2.05, 4.69) is 60.6 Å². The zero-order chi connectivity index (χ0) is 16.9. The van der Waals surface area contributed by atoms with Gasteiger partial charge < -0.3 is 10.2 Å². The molecule has 0 unspecified atom stereocenters. The quantitative estimate of drug-likeness (QED) is 0.934. The van der Waals surface area contributed by atoms with Gasteiger partial charge in [-0.1, -0.05) is 60.2 Å². The Kier molecular flexibility index (Phi) is 5.31. The summed E-state index contributed by atoms with van der Waals surface area (Å²) in [4.78, 5) is 15.1. The van der Waals surface area contributed by atoms with Crippen LogP contribution in [0.3, 0.4) is 0 Å². The van der Waals surface area contributed by atoms with Crippen LogP contribution in [-0.2, 0) is 4.79 Å². The van der Waals surface area contributed by atoms with Gasteiger partial charge in [-0.2, -0.15) is 0 Å². The molecule has 0 saturated carbocycles. The number of hydrogen-bond acceptors (Lipinski definition) is 2. The van der Waals surface area contributed by atoms with Crippen molar-refractivity contribution in [3.05, 3.63) is 71.3 Å². The van der Waals surface area contributed by atoms with Gasteiger partial charge in [-0.05, 0) is 51.0 Å². The Bertz CT molecular complexity index is 658. The second kappa shape index (κ2) is 7.63. The molecule has 3 nitrogen and oxygen atoms in total. The van der Waals surface area contributed by atoms with E-state index in [0.29, 0.717) is 0 Å². The summed E-state index contributed by atoms with van der Waals surface area (Å²) in [5, 5.41) is 3.30. The Labute approximate surface area is 144 Å². The van der Waals surface area contributed by atoms with Crippen LogP contribution in [-0.4, -0.2) is 30.9 Å². The molecule has 0 spiro atoms. The third-order valence-corrected chi connectivity index (χ3v) is 4.92. The fourth-order valence-corrected chi connectivity index (χ4v) is 3.29. The van der Waals surface area contributed by atoms with E-state index in [1.807, 2.05) is 18.2 Å². The number of benzene rings is 2. The Balaban J connectivity index is 1.80. The Hall–Kier alpha value is -2.13. The maximum atomic E-state index is 12.8. The van der Waals surface area contributed by atoms with Gasteiger partial charge in [0.2, 0.25) is 5.91 Å². The molecule has 1 N–H and O–H groups in total. The van der Waals surface area contributed by atoms with Gasteiger partial charge in [-0.3, -0.25) is 4.79 Å². The largest absolute Gasteiger partial charge is 0.345 e. The van der Waals surface area contributed by atoms with Crippen molar-refractivity contribution in [2.75, 3.05) is 20.1 Å². The van der Waals surface area contributed by atoms with E-state index >= 15 is 0 Å². The monoisotopic (exact) mass is 322 g/mol. The molecular weight excluding hydrogens is 296 g/mol. The van der Waals surface area contributed by atoms with Gasteiger partial charge >= 0.3 is 0 Å². The Morgan fingerprint density at radius 1 is 1.00 bits per heavy atom. The van der Waals surface area contributed by atoms with E-state index in [1.165, 1.54) is 5.56 Å². The van der Waals surface area contributed by atoms with Gasteiger partial charge in [0.1, 0.15) is 0 Å². The van der Waals surface area contributed by atoms with Crippen molar-refractivity contribution in [3.63, 3.8) is 0 Å². The average Bonchev–Trinajstić information content (AvgIpc) is 2.62. The highest BCUT2D eigenvalue weighted by Crippen LogP contribution is 2.24. The van der Waals surface area contributed by atoms with E-state index in [0.717, 1.165) is 37.1 Å². The van der Waals surface area contributed by atoms with E-state index in [4.69, 9.17) is 0 Å². The molecule has 3 heteroatoms. The summed E-state index contributed by atoms with van der Waals surface area (Å²) in [6.45, 7) is 4.08. The zero-order valence-corrected chi connectivity index (χ0v) is 14.5. The first kappa shape index (κ1) is 16.7. The number of nitrogens with one attached hydrogen (secondary N) is 1. The topological polar surface area (TPSA) is 32.3 Å². The van der Waals surface area contributed by atoms with Crippen molar-refractivity contribution in [1.82, 2.24) is 10.2 Å². The summed E-state index contributed by atoms with van der Waals surface area (Å²) in [7, 11) is 2.12. The maximum Gasteiger partial charge on any atom is 0.223 e. The first-order valence-corrected chi connectivity index (χ1v) is 8.74. The predicted molar refractivity (Wildman–Crippen MR) is 97.8 cm³/mol. The van der Waals surface area contributed by atoms with E-state index in [1.54, 1.807) is 0 Å². The van der Waals surface area contributed by atoms with Crippen molar-refractivity contribution < 1.29 is 4.79 Å². The second-order valence-electron chi connectivity index (χ2n) is 6.84. The van der Waals surface area contributed by atoms with Crippen LogP contribution in [0.2, 0.25) is 0 Å². The predicted octanol–water partition coefficient (Wildman–Crippen LogP) is 3.54. The van der Waals surface area contributed by atoms with Crippen molar-refractivity contribution >= 4 is 5.91 Å². The van der Waals surface area contributed by atoms with Crippen LogP contribution in [0.4, 0.5) is 0 Å². The van der Waals surface area contributed by atoms with Gasteiger partial charge in [-0.15, -0.1) is 0 Å². The summed E-state index contributed by atoms with van der Waals surface area (Å²) in [6.07, 6.45) is 1.88. The summed E-state index contributed by atoms with van der Waals surface area (Å²) in [5.74, 6) is 0.301. The number of hydrogen-bond donors (Lipinski definition) is 1. The van der Waals surface area contributed by atoms with Crippen LogP contribution in [0.15, 0.2) is 54.6 Å². The minimum Gasteiger partial charge on any atom is -0.345 e. The average molecular weight is 322 g/mol. The highest BCUT2D eigenvalue weighted by molar-refractivity contribution is 5.79. The Morgan fingerprint density at radius 3 is 2.21 bits per heavy atom. The Morgan fingerprint density at radius 2 is 1.58 bits per heavy atom. The molecule has 1 aliphatic heterocycles. The van der Waals surface area contributed by atoms with Crippen LogP contribution in [0.1, 0.15) is 35.6 Å². The summed E-state index contributed by atoms with van der Waals surface area (Å²) in [5.41, 5.74) is 3.49. The van der Waals surface area contributed by atoms with Crippen LogP contribution < -0.4 is 5.32 Å². The minimum atomic E-state index is -0.0843. The molecule has 2 aromatic carbocycles. The molecule has 24 heavy (non-hydrogen) atoms. The number of aryl methyl sites for hydroxylation is 1. The second-order valence-corrected chi connectivity index (χ2v) is 6.84. The summed E-state index contributed by atoms with van der Waals surface area (Å²) in [6, 6.07) is 18.6. The molecule has 1 atom stereocenters. The molecule has 0 aliphatic carbocycles. The smallest absolute Gasteiger partial charge is 0.223 e. The molecule has 0 bridgehead atoms. The van der Waals surface area contributed by atoms with Crippen LogP contribution in [0.5, 0.6) is 0 Å². The molecule has 1 heterocycles. The molecule has 126 valence electrons. The molecule has 2 aromatic rings. The number of nitrogens with zero attached hydrogens (tertiary/aromatic N) is 1. The first-order chi connectivity index (χ1) is 11.6. The molecular formula is C21H26N2O. The standard InChI is InChI=1S/C21H26N2O/c1-16-8-10-18(11-9-16)20(17-6-4-3-5-7-17)22-21(24)19-12-14-23(2)15-13-19/h3-11,19-20H,12-15H2,1-2H3,(H,22,24)/t20-/m1/s1. The highest BCUT2D eigenvalue weighted by atomic mass is 16.1. The highest BCUT2D eigenvalue weighted by Gasteiger charge is 2.26. The lowest BCUT2D eigenvalue weighted by Crippen LogP contribution is -2.40. The number of piperidine rings is 1. The number of carbonyl (C=O) groups excluding carboxylic acids is 1. The molecule has 1 amide bonds. The maximum absolute atomic E-state index is 12.8. The third-order valence-electron chi connectivity index (χ3n) is 4.92. The van der Waals surface area contributed by atoms with Gasteiger partial charge in [0, 0.05) is 5.92 Å². The molecule has 1 saturated heterocycles. The van der Waals surface area contributed by atoms with Crippen LogP contribution in [0, 0.1) is 12.8 Å². The molecule has 1 aliphatic rings.